The van der Waals surface area contributed by atoms with Crippen LogP contribution in [0.2, 0.25) is 5.02 Å². The van der Waals surface area contributed by atoms with Crippen molar-refractivity contribution in [1.82, 2.24) is 5.32 Å². The highest BCUT2D eigenvalue weighted by Crippen LogP contribution is 2.44. The molecule has 0 unspecified atom stereocenters. The molecule has 0 saturated carbocycles. The Morgan fingerprint density at radius 1 is 0.889 bits per heavy atom. The summed E-state index contributed by atoms with van der Waals surface area (Å²) in [4.78, 5) is 36.6. The van der Waals surface area contributed by atoms with Gasteiger partial charge >= 0.3 is 12.1 Å². The lowest BCUT2D eigenvalue weighted by Gasteiger charge is -2.19. The number of primary amides is 1. The van der Waals surface area contributed by atoms with Crippen LogP contribution in [0.15, 0.2) is 72.8 Å². The number of esters is 1. The molecule has 0 radical (unpaired) electrons. The third-order valence-corrected chi connectivity index (χ3v) is 6.40. The van der Waals surface area contributed by atoms with E-state index in [2.05, 4.69) is 5.32 Å². The van der Waals surface area contributed by atoms with Crippen LogP contribution in [0.1, 0.15) is 35.4 Å². The summed E-state index contributed by atoms with van der Waals surface area (Å²) in [5.74, 6) is -1.35. The molecule has 186 valence electrons. The van der Waals surface area contributed by atoms with Gasteiger partial charge in [-0.2, -0.15) is 0 Å². The molecule has 3 N–H and O–H groups in total. The fourth-order valence-corrected chi connectivity index (χ4v) is 4.47. The summed E-state index contributed by atoms with van der Waals surface area (Å²) in [6.07, 6.45) is -0.350. The molecular formula is C28H27ClN2O5. The van der Waals surface area contributed by atoms with Crippen molar-refractivity contribution in [2.75, 3.05) is 13.2 Å². The standard InChI is InChI=1S/C28H27ClN2O5/c29-19-11-9-18(10-12-19)15-16-35-27(33)25(13-14-26(30)32)31-28(34)36-17-24-22-7-3-1-5-20(22)21-6-2-4-8-23(21)24/h1-12,24-25H,13-17H2,(H2,30,32)(H,31,34)/t25-/m0/s1. The second-order valence-electron chi connectivity index (χ2n) is 8.57. The molecule has 0 spiro atoms. The molecule has 2 amide bonds. The van der Waals surface area contributed by atoms with E-state index in [1.165, 1.54) is 0 Å². The van der Waals surface area contributed by atoms with E-state index in [0.29, 0.717) is 11.4 Å². The van der Waals surface area contributed by atoms with Gasteiger partial charge in [-0.15, -0.1) is 0 Å². The number of nitrogens with two attached hydrogens (primary N) is 1. The number of carbonyl (C=O) groups is 3. The lowest BCUT2D eigenvalue weighted by Crippen LogP contribution is -2.43. The van der Waals surface area contributed by atoms with E-state index in [-0.39, 0.29) is 32.0 Å². The number of rotatable bonds is 10. The van der Waals surface area contributed by atoms with Crippen LogP contribution in [0.5, 0.6) is 0 Å². The van der Waals surface area contributed by atoms with Crippen LogP contribution in [0, 0.1) is 0 Å². The quantitative estimate of drug-likeness (QED) is 0.391. The van der Waals surface area contributed by atoms with Gasteiger partial charge in [0.1, 0.15) is 12.6 Å². The summed E-state index contributed by atoms with van der Waals surface area (Å²) in [5, 5.41) is 3.16. The number of alkyl carbamates (subject to hydrolysis) is 1. The number of fused-ring (bicyclic) bond motifs is 3. The van der Waals surface area contributed by atoms with Gasteiger partial charge in [-0.05, 0) is 46.4 Å². The van der Waals surface area contributed by atoms with Gasteiger partial charge in [0.05, 0.1) is 6.61 Å². The number of ether oxygens (including phenoxy) is 2. The molecule has 7 nitrogen and oxygen atoms in total. The summed E-state index contributed by atoms with van der Waals surface area (Å²) in [7, 11) is 0. The zero-order chi connectivity index (χ0) is 25.5. The molecule has 1 aliphatic carbocycles. The number of amides is 2. The summed E-state index contributed by atoms with van der Waals surface area (Å²) in [6, 6.07) is 22.2. The van der Waals surface area contributed by atoms with Crippen molar-refractivity contribution >= 4 is 29.6 Å². The maximum Gasteiger partial charge on any atom is 0.407 e. The maximum atomic E-state index is 12.7. The van der Waals surface area contributed by atoms with Crippen LogP contribution in [0.4, 0.5) is 4.79 Å². The SMILES string of the molecule is NC(=O)CC[C@H](NC(=O)OCC1c2ccccc2-c2ccccc21)C(=O)OCCc1ccc(Cl)cc1. The van der Waals surface area contributed by atoms with Crippen LogP contribution in [-0.4, -0.2) is 37.2 Å². The van der Waals surface area contributed by atoms with Gasteiger partial charge in [0.25, 0.3) is 0 Å². The van der Waals surface area contributed by atoms with Crippen molar-refractivity contribution in [1.29, 1.82) is 0 Å². The first-order valence-electron chi connectivity index (χ1n) is 11.7. The molecule has 1 aliphatic rings. The number of carbonyl (C=O) groups excluding carboxylic acids is 3. The normalized spacial score (nSPS) is 12.8. The first-order valence-corrected chi connectivity index (χ1v) is 12.1. The van der Waals surface area contributed by atoms with Gasteiger partial charge < -0.3 is 20.5 Å². The van der Waals surface area contributed by atoms with Crippen LogP contribution in [-0.2, 0) is 25.5 Å². The van der Waals surface area contributed by atoms with Crippen LogP contribution in [0.3, 0.4) is 0 Å². The van der Waals surface area contributed by atoms with Gasteiger partial charge in [-0.3, -0.25) is 4.79 Å². The highest BCUT2D eigenvalue weighted by molar-refractivity contribution is 6.30. The average Bonchev–Trinajstić information content (AvgIpc) is 3.20. The van der Waals surface area contributed by atoms with E-state index in [1.807, 2.05) is 60.7 Å². The Hall–Kier alpha value is -3.84. The molecule has 3 aromatic rings. The molecule has 36 heavy (non-hydrogen) atoms. The maximum absolute atomic E-state index is 12.7. The molecule has 0 aliphatic heterocycles. The van der Waals surface area contributed by atoms with E-state index in [9.17, 15) is 14.4 Å². The Morgan fingerprint density at radius 2 is 1.50 bits per heavy atom. The summed E-state index contributed by atoms with van der Waals surface area (Å²) < 4.78 is 10.9. The molecule has 1 atom stereocenters. The van der Waals surface area contributed by atoms with Crippen LogP contribution in [0.25, 0.3) is 11.1 Å². The lowest BCUT2D eigenvalue weighted by molar-refractivity contribution is -0.146. The highest BCUT2D eigenvalue weighted by Gasteiger charge is 2.30. The fourth-order valence-electron chi connectivity index (χ4n) is 4.34. The largest absolute Gasteiger partial charge is 0.464 e. The van der Waals surface area contributed by atoms with Crippen molar-refractivity contribution in [2.45, 2.75) is 31.2 Å². The van der Waals surface area contributed by atoms with Crippen LogP contribution >= 0.6 is 11.6 Å². The highest BCUT2D eigenvalue weighted by atomic mass is 35.5. The third-order valence-electron chi connectivity index (χ3n) is 6.15. The molecule has 0 aromatic heterocycles. The lowest BCUT2D eigenvalue weighted by atomic mass is 9.98. The molecule has 3 aromatic carbocycles. The van der Waals surface area contributed by atoms with Crippen molar-refractivity contribution in [3.63, 3.8) is 0 Å². The van der Waals surface area contributed by atoms with Crippen molar-refractivity contribution < 1.29 is 23.9 Å². The van der Waals surface area contributed by atoms with Gasteiger partial charge in [-0.1, -0.05) is 72.3 Å². The van der Waals surface area contributed by atoms with E-state index < -0.39 is 24.0 Å². The molecule has 4 rings (SSSR count). The smallest absolute Gasteiger partial charge is 0.407 e. The van der Waals surface area contributed by atoms with Gasteiger partial charge in [0, 0.05) is 23.8 Å². The molecule has 0 saturated heterocycles. The zero-order valence-electron chi connectivity index (χ0n) is 19.6. The third kappa shape index (κ3) is 6.23. The minimum absolute atomic E-state index is 0.0132. The monoisotopic (exact) mass is 506 g/mol. The predicted octanol–water partition coefficient (Wildman–Crippen LogP) is 4.60. The van der Waals surface area contributed by atoms with Gasteiger partial charge in [-0.25, -0.2) is 9.59 Å². The summed E-state index contributed by atoms with van der Waals surface area (Å²) in [5.41, 5.74) is 10.6. The molecular weight excluding hydrogens is 480 g/mol. The molecule has 8 heteroatoms. The fraction of sp³-hybridized carbons (Fsp3) is 0.250. The van der Waals surface area contributed by atoms with E-state index >= 15 is 0 Å². The molecule has 0 fully saturated rings. The zero-order valence-corrected chi connectivity index (χ0v) is 20.4. The number of benzene rings is 3. The minimum atomic E-state index is -1.06. The second kappa shape index (κ2) is 11.7. The Morgan fingerprint density at radius 3 is 2.11 bits per heavy atom. The number of hydrogen-bond acceptors (Lipinski definition) is 5. The van der Waals surface area contributed by atoms with Crippen molar-refractivity contribution in [2.24, 2.45) is 5.73 Å². The number of nitrogens with one attached hydrogen (secondary N) is 1. The van der Waals surface area contributed by atoms with Gasteiger partial charge in [0.15, 0.2) is 0 Å². The average molecular weight is 507 g/mol. The van der Waals surface area contributed by atoms with Crippen molar-refractivity contribution in [3.05, 3.63) is 94.5 Å². The molecule has 0 bridgehead atoms. The van der Waals surface area contributed by atoms with Gasteiger partial charge in [0.2, 0.25) is 5.91 Å². The number of halogens is 1. The Kier molecular flexibility index (Phi) is 8.23. The van der Waals surface area contributed by atoms with E-state index in [0.717, 1.165) is 27.8 Å². The topological polar surface area (TPSA) is 108 Å². The van der Waals surface area contributed by atoms with Crippen LogP contribution < -0.4 is 11.1 Å². The minimum Gasteiger partial charge on any atom is -0.464 e. The van der Waals surface area contributed by atoms with E-state index in [4.69, 9.17) is 26.8 Å². The Bertz CT molecular complexity index is 1200. The predicted molar refractivity (Wildman–Crippen MR) is 137 cm³/mol. The molecule has 0 heterocycles. The van der Waals surface area contributed by atoms with Crippen molar-refractivity contribution in [3.8, 4) is 11.1 Å². The summed E-state index contributed by atoms with van der Waals surface area (Å²) in [6.45, 7) is 0.216. The van der Waals surface area contributed by atoms with E-state index in [1.54, 1.807) is 12.1 Å². The Labute approximate surface area is 214 Å². The Balaban J connectivity index is 1.34. The number of hydrogen-bond donors (Lipinski definition) is 2. The second-order valence-corrected chi connectivity index (χ2v) is 9.01. The first kappa shape index (κ1) is 25.3. The first-order chi connectivity index (χ1) is 17.4. The summed E-state index contributed by atoms with van der Waals surface area (Å²) >= 11 is 5.89.